The van der Waals surface area contributed by atoms with Gasteiger partial charge >= 0.3 is 0 Å². The quantitative estimate of drug-likeness (QED) is 0.646. The van der Waals surface area contributed by atoms with E-state index in [1.54, 1.807) is 11.8 Å². The monoisotopic (exact) mass is 279 g/mol. The Bertz CT molecular complexity index is 474. The van der Waals surface area contributed by atoms with Gasteiger partial charge in [0.25, 0.3) is 0 Å². The number of hydrogen-bond acceptors (Lipinski definition) is 3. The molecule has 1 aromatic rings. The van der Waals surface area contributed by atoms with Crippen LogP contribution in [0.1, 0.15) is 43.4 Å². The van der Waals surface area contributed by atoms with Crippen LogP contribution in [0.4, 0.5) is 0 Å². The van der Waals surface area contributed by atoms with Crippen LogP contribution in [0.3, 0.4) is 0 Å². The Morgan fingerprint density at radius 3 is 2.80 bits per heavy atom. The number of ether oxygens (including phenoxy) is 1. The van der Waals surface area contributed by atoms with E-state index in [9.17, 15) is 0 Å². The number of methoxy groups -OCH3 is 1. The van der Waals surface area contributed by atoms with Crippen molar-refractivity contribution in [3.05, 3.63) is 11.3 Å². The molecule has 1 heterocycles. The Kier molecular flexibility index (Phi) is 4.87. The lowest BCUT2D eigenvalue weighted by molar-refractivity contribution is 0.369. The zero-order valence-electron chi connectivity index (χ0n) is 12.6. The molecule has 1 aromatic heterocycles. The van der Waals surface area contributed by atoms with Crippen LogP contribution < -0.4 is 15.8 Å². The Morgan fingerprint density at radius 2 is 2.15 bits per heavy atom. The number of aliphatic imine (C=N–C) groups is 1. The summed E-state index contributed by atoms with van der Waals surface area (Å²) >= 11 is 0. The zero-order valence-corrected chi connectivity index (χ0v) is 12.6. The molecule has 1 fully saturated rings. The fourth-order valence-electron chi connectivity index (χ4n) is 2.78. The highest BCUT2D eigenvalue weighted by molar-refractivity contribution is 5.78. The molecule has 0 radical (unpaired) electrons. The number of nitrogens with zero attached hydrogens (tertiary/aromatic N) is 3. The van der Waals surface area contributed by atoms with Crippen molar-refractivity contribution in [2.45, 2.75) is 51.6 Å². The third-order valence-corrected chi connectivity index (χ3v) is 3.85. The highest BCUT2D eigenvalue weighted by atomic mass is 16.5. The van der Waals surface area contributed by atoms with Crippen molar-refractivity contribution < 1.29 is 4.74 Å². The summed E-state index contributed by atoms with van der Waals surface area (Å²) in [6, 6.07) is 0.476. The van der Waals surface area contributed by atoms with E-state index in [1.807, 2.05) is 14.0 Å². The largest absolute Gasteiger partial charge is 0.481 e. The third kappa shape index (κ3) is 3.43. The molecule has 0 aromatic carbocycles. The molecule has 0 bridgehead atoms. The van der Waals surface area contributed by atoms with E-state index < -0.39 is 0 Å². The van der Waals surface area contributed by atoms with Gasteiger partial charge in [-0.3, -0.25) is 0 Å². The van der Waals surface area contributed by atoms with Crippen molar-refractivity contribution in [2.24, 2.45) is 17.8 Å². The summed E-state index contributed by atoms with van der Waals surface area (Å²) in [6.45, 7) is 2.45. The number of rotatable bonds is 4. The average molecular weight is 279 g/mol. The zero-order chi connectivity index (χ0) is 14.5. The Balaban J connectivity index is 1.97. The van der Waals surface area contributed by atoms with Gasteiger partial charge in [0.05, 0.1) is 24.9 Å². The Morgan fingerprint density at radius 1 is 1.45 bits per heavy atom. The van der Waals surface area contributed by atoms with E-state index in [0.717, 1.165) is 17.1 Å². The molecule has 0 amide bonds. The van der Waals surface area contributed by atoms with Crippen LogP contribution in [-0.2, 0) is 13.6 Å². The summed E-state index contributed by atoms with van der Waals surface area (Å²) in [5.74, 6) is 1.26. The topological polar surface area (TPSA) is 77.5 Å². The van der Waals surface area contributed by atoms with Gasteiger partial charge < -0.3 is 15.8 Å². The van der Waals surface area contributed by atoms with Crippen LogP contribution in [0.25, 0.3) is 0 Å². The molecule has 20 heavy (non-hydrogen) atoms. The predicted molar refractivity (Wildman–Crippen MR) is 79.8 cm³/mol. The van der Waals surface area contributed by atoms with Gasteiger partial charge in [0, 0.05) is 13.1 Å². The van der Waals surface area contributed by atoms with E-state index in [-0.39, 0.29) is 0 Å². The number of nitrogens with one attached hydrogen (secondary N) is 1. The highest BCUT2D eigenvalue weighted by Gasteiger charge is 2.15. The smallest absolute Gasteiger partial charge is 0.216 e. The number of nitrogens with two attached hydrogens (primary N) is 1. The SMILES string of the molecule is COc1c(CN=C(N)NC2CCCCC2)c(C)nn1C. The lowest BCUT2D eigenvalue weighted by Gasteiger charge is -2.23. The molecule has 3 N–H and O–H groups in total. The Labute approximate surface area is 120 Å². The van der Waals surface area contributed by atoms with Crippen LogP contribution in [0.15, 0.2) is 4.99 Å². The fraction of sp³-hybridized carbons (Fsp3) is 0.714. The standard InChI is InChI=1S/C14H25N5O/c1-10-12(13(20-3)19(2)18-10)9-16-14(15)17-11-7-5-4-6-8-11/h11H,4-9H2,1-3H3,(H3,15,16,17). The number of hydrogen-bond donors (Lipinski definition) is 2. The molecule has 1 aliphatic rings. The molecule has 0 atom stereocenters. The molecule has 1 saturated carbocycles. The lowest BCUT2D eigenvalue weighted by Crippen LogP contribution is -2.41. The maximum absolute atomic E-state index is 5.97. The van der Waals surface area contributed by atoms with Crippen molar-refractivity contribution in [3.8, 4) is 5.88 Å². The third-order valence-electron chi connectivity index (χ3n) is 3.85. The average Bonchev–Trinajstić information content (AvgIpc) is 2.71. The summed E-state index contributed by atoms with van der Waals surface area (Å²) in [5, 5.41) is 7.65. The van der Waals surface area contributed by atoms with Crippen LogP contribution in [0, 0.1) is 6.92 Å². The molecule has 0 spiro atoms. The van der Waals surface area contributed by atoms with Crippen molar-refractivity contribution in [1.82, 2.24) is 15.1 Å². The molecular formula is C14H25N5O. The first-order chi connectivity index (χ1) is 9.61. The summed E-state index contributed by atoms with van der Waals surface area (Å²) in [4.78, 5) is 4.42. The van der Waals surface area contributed by atoms with Gasteiger partial charge in [-0.05, 0) is 19.8 Å². The van der Waals surface area contributed by atoms with Crippen LogP contribution >= 0.6 is 0 Å². The number of guanidine groups is 1. The maximum atomic E-state index is 5.97. The van der Waals surface area contributed by atoms with Crippen LogP contribution in [0.5, 0.6) is 5.88 Å². The number of aryl methyl sites for hydroxylation is 2. The molecule has 6 nitrogen and oxygen atoms in total. The predicted octanol–water partition coefficient (Wildman–Crippen LogP) is 1.47. The molecule has 112 valence electrons. The summed E-state index contributed by atoms with van der Waals surface area (Å²) in [6.07, 6.45) is 6.26. The first kappa shape index (κ1) is 14.7. The van der Waals surface area contributed by atoms with Gasteiger partial charge in [0.2, 0.25) is 5.88 Å². The second-order valence-corrected chi connectivity index (χ2v) is 5.38. The van der Waals surface area contributed by atoms with Gasteiger partial charge in [-0.25, -0.2) is 9.67 Å². The summed E-state index contributed by atoms with van der Waals surface area (Å²) in [7, 11) is 3.51. The second-order valence-electron chi connectivity index (χ2n) is 5.38. The summed E-state index contributed by atoms with van der Waals surface area (Å²) < 4.78 is 7.08. The first-order valence-electron chi connectivity index (χ1n) is 7.24. The first-order valence-corrected chi connectivity index (χ1v) is 7.24. The van der Waals surface area contributed by atoms with Crippen molar-refractivity contribution in [3.63, 3.8) is 0 Å². The van der Waals surface area contributed by atoms with Crippen molar-refractivity contribution in [1.29, 1.82) is 0 Å². The summed E-state index contributed by atoms with van der Waals surface area (Å²) in [5.41, 5.74) is 7.89. The van der Waals surface area contributed by atoms with Gasteiger partial charge in [0.15, 0.2) is 5.96 Å². The van der Waals surface area contributed by atoms with E-state index in [2.05, 4.69) is 15.4 Å². The maximum Gasteiger partial charge on any atom is 0.216 e. The van der Waals surface area contributed by atoms with Gasteiger partial charge in [0.1, 0.15) is 0 Å². The minimum absolute atomic E-state index is 0.476. The van der Waals surface area contributed by atoms with E-state index in [1.165, 1.54) is 32.1 Å². The van der Waals surface area contributed by atoms with Gasteiger partial charge in [-0.1, -0.05) is 19.3 Å². The van der Waals surface area contributed by atoms with Crippen LogP contribution in [0.2, 0.25) is 0 Å². The molecule has 2 rings (SSSR count). The molecule has 1 aliphatic carbocycles. The molecule has 0 unspecified atom stereocenters. The van der Waals surface area contributed by atoms with E-state index >= 15 is 0 Å². The molecule has 6 heteroatoms. The molecular weight excluding hydrogens is 254 g/mol. The van der Waals surface area contributed by atoms with Crippen molar-refractivity contribution >= 4 is 5.96 Å². The lowest BCUT2D eigenvalue weighted by atomic mass is 9.96. The van der Waals surface area contributed by atoms with Crippen molar-refractivity contribution in [2.75, 3.05) is 7.11 Å². The normalized spacial score (nSPS) is 17.2. The van der Waals surface area contributed by atoms with E-state index in [0.29, 0.717) is 18.5 Å². The minimum atomic E-state index is 0.476. The van der Waals surface area contributed by atoms with E-state index in [4.69, 9.17) is 10.5 Å². The second kappa shape index (κ2) is 6.63. The molecule has 0 saturated heterocycles. The molecule has 0 aliphatic heterocycles. The number of aromatic nitrogens is 2. The van der Waals surface area contributed by atoms with Gasteiger partial charge in [-0.2, -0.15) is 5.10 Å². The fourth-order valence-corrected chi connectivity index (χ4v) is 2.78. The Hall–Kier alpha value is -1.72. The van der Waals surface area contributed by atoms with Gasteiger partial charge in [-0.15, -0.1) is 0 Å². The minimum Gasteiger partial charge on any atom is -0.481 e. The highest BCUT2D eigenvalue weighted by Crippen LogP contribution is 2.21. The van der Waals surface area contributed by atoms with Crippen LogP contribution in [-0.4, -0.2) is 28.9 Å².